The largest absolute Gasteiger partial charge is 0.469 e. The molecule has 0 spiro atoms. The number of phosphoric ester groups is 1. The summed E-state index contributed by atoms with van der Waals surface area (Å²) in [5, 5.41) is 35.2. The van der Waals surface area contributed by atoms with Crippen molar-refractivity contribution in [2.24, 2.45) is 5.73 Å². The van der Waals surface area contributed by atoms with Gasteiger partial charge in [-0.25, -0.2) is 4.57 Å². The number of rotatable bonds is 6. The van der Waals surface area contributed by atoms with Gasteiger partial charge in [-0.3, -0.25) is 4.52 Å². The van der Waals surface area contributed by atoms with Crippen molar-refractivity contribution >= 4 is 14.1 Å². The van der Waals surface area contributed by atoms with Gasteiger partial charge in [0.05, 0.1) is 12.6 Å². The third-order valence-corrected chi connectivity index (χ3v) is 2.20. The van der Waals surface area contributed by atoms with Crippen LogP contribution in [0.5, 0.6) is 0 Å². The van der Waals surface area contributed by atoms with Crippen LogP contribution in [0, 0.1) is 0 Å². The Labute approximate surface area is 103 Å². The Hall–Kier alpha value is -0.420. The van der Waals surface area contributed by atoms with Crippen molar-refractivity contribution in [1.29, 1.82) is 0 Å². The van der Waals surface area contributed by atoms with Gasteiger partial charge in [-0.05, 0) is 0 Å². The molecule has 0 aliphatic carbocycles. The van der Waals surface area contributed by atoms with E-state index in [9.17, 15) is 9.36 Å². The number of carbonyl (C=O) groups is 1. The highest BCUT2D eigenvalue weighted by Gasteiger charge is 2.28. The second kappa shape index (κ2) is 9.50. The van der Waals surface area contributed by atoms with Crippen molar-refractivity contribution in [3.8, 4) is 0 Å². The SMILES string of the molecule is COP(=O)(O)O.N[C@@H](C=O)[C@@H](O)[C@H](O)[C@H](O)CO. The molecule has 110 valence electrons. The van der Waals surface area contributed by atoms with Crippen molar-refractivity contribution in [3.63, 3.8) is 0 Å². The number of aliphatic hydroxyl groups is 4. The molecule has 0 heterocycles. The Kier molecular flexibility index (Phi) is 10.5. The van der Waals surface area contributed by atoms with E-state index in [1.165, 1.54) is 0 Å². The summed E-state index contributed by atoms with van der Waals surface area (Å²) >= 11 is 0. The normalized spacial score (nSPS) is 18.0. The lowest BCUT2D eigenvalue weighted by Crippen LogP contribution is -2.49. The molecule has 0 aromatic carbocycles. The molecule has 0 radical (unpaired) electrons. The second-order valence-corrected chi connectivity index (χ2v) is 4.46. The maximum atomic E-state index is 10.0. The van der Waals surface area contributed by atoms with Gasteiger partial charge in [-0.2, -0.15) is 0 Å². The van der Waals surface area contributed by atoms with Gasteiger partial charge in [0.15, 0.2) is 0 Å². The van der Waals surface area contributed by atoms with Crippen LogP contribution in [0.1, 0.15) is 0 Å². The zero-order chi connectivity index (χ0) is 14.9. The molecule has 0 bridgehead atoms. The summed E-state index contributed by atoms with van der Waals surface area (Å²) in [6.07, 6.45) is -4.43. The van der Waals surface area contributed by atoms with Gasteiger partial charge in [-0.15, -0.1) is 0 Å². The summed E-state index contributed by atoms with van der Waals surface area (Å²) in [7, 11) is -3.20. The van der Waals surface area contributed by atoms with Crippen LogP contribution in [0.2, 0.25) is 0 Å². The molecule has 10 nitrogen and oxygen atoms in total. The van der Waals surface area contributed by atoms with Gasteiger partial charge in [0, 0.05) is 7.11 Å². The number of nitrogens with two attached hydrogens (primary N) is 1. The predicted octanol–water partition coefficient (Wildman–Crippen LogP) is -3.69. The molecule has 0 amide bonds. The zero-order valence-electron chi connectivity index (χ0n) is 9.53. The standard InChI is InChI=1S/C6H13NO5.CH5O4P/c7-3(1-8)5(11)6(12)4(10)2-9;1-5-6(2,3)4/h1,3-6,9-12H,2,7H2;1H3,(H2,2,3,4)/t3-,4+,5+,6+;/m0./s1. The summed E-state index contributed by atoms with van der Waals surface area (Å²) in [5.74, 6) is 0. The van der Waals surface area contributed by atoms with Crippen LogP contribution in [-0.4, -0.2) is 74.6 Å². The van der Waals surface area contributed by atoms with Crippen molar-refractivity contribution in [3.05, 3.63) is 0 Å². The molecule has 0 saturated carbocycles. The Morgan fingerprint density at radius 3 is 1.89 bits per heavy atom. The lowest BCUT2D eigenvalue weighted by atomic mass is 10.0. The second-order valence-electron chi connectivity index (χ2n) is 3.12. The zero-order valence-corrected chi connectivity index (χ0v) is 10.4. The Bertz CT molecular complexity index is 270. The number of hydrogen-bond donors (Lipinski definition) is 7. The van der Waals surface area contributed by atoms with E-state index in [4.69, 9.17) is 35.9 Å². The summed E-state index contributed by atoms with van der Waals surface area (Å²) in [6.45, 7) is -0.705. The van der Waals surface area contributed by atoms with Crippen LogP contribution < -0.4 is 5.73 Å². The smallest absolute Gasteiger partial charge is 0.394 e. The van der Waals surface area contributed by atoms with E-state index in [1.807, 2.05) is 0 Å². The molecule has 4 atom stereocenters. The van der Waals surface area contributed by atoms with Crippen LogP contribution in [0.25, 0.3) is 0 Å². The first-order valence-corrected chi connectivity index (χ1v) is 6.11. The van der Waals surface area contributed by atoms with Crippen molar-refractivity contribution in [2.75, 3.05) is 13.7 Å². The Morgan fingerprint density at radius 2 is 1.67 bits per heavy atom. The fourth-order valence-electron chi connectivity index (χ4n) is 0.644. The van der Waals surface area contributed by atoms with Gasteiger partial charge in [0.25, 0.3) is 0 Å². The van der Waals surface area contributed by atoms with E-state index >= 15 is 0 Å². The van der Waals surface area contributed by atoms with Gasteiger partial charge in [0.2, 0.25) is 0 Å². The number of aliphatic hydroxyl groups excluding tert-OH is 4. The molecule has 0 aromatic heterocycles. The highest BCUT2D eigenvalue weighted by Crippen LogP contribution is 2.33. The molecular formula is C7H18NO9P. The average molecular weight is 291 g/mol. The summed E-state index contributed by atoms with van der Waals surface area (Å²) in [4.78, 5) is 25.5. The lowest BCUT2D eigenvalue weighted by Gasteiger charge is -2.23. The molecular weight excluding hydrogens is 273 g/mol. The summed E-state index contributed by atoms with van der Waals surface area (Å²) in [6, 6.07) is -1.26. The fourth-order valence-corrected chi connectivity index (χ4v) is 0.644. The lowest BCUT2D eigenvalue weighted by molar-refractivity contribution is -0.118. The topological polar surface area (TPSA) is 191 Å². The maximum absolute atomic E-state index is 10.0. The third kappa shape index (κ3) is 9.59. The molecule has 0 unspecified atom stereocenters. The van der Waals surface area contributed by atoms with Crippen LogP contribution >= 0.6 is 7.82 Å². The van der Waals surface area contributed by atoms with E-state index in [2.05, 4.69) is 4.52 Å². The monoisotopic (exact) mass is 291 g/mol. The Balaban J connectivity index is 0. The minimum absolute atomic E-state index is 0.248. The first-order chi connectivity index (χ1) is 8.10. The van der Waals surface area contributed by atoms with Gasteiger partial charge >= 0.3 is 7.82 Å². The molecule has 0 aromatic rings. The third-order valence-electron chi connectivity index (χ3n) is 1.72. The van der Waals surface area contributed by atoms with E-state index in [-0.39, 0.29) is 6.29 Å². The van der Waals surface area contributed by atoms with Crippen molar-refractivity contribution in [2.45, 2.75) is 24.4 Å². The van der Waals surface area contributed by atoms with Crippen molar-refractivity contribution < 1.29 is 44.1 Å². The highest BCUT2D eigenvalue weighted by molar-refractivity contribution is 7.46. The molecule has 11 heteroatoms. The first-order valence-electron chi connectivity index (χ1n) is 4.57. The molecule has 8 N–H and O–H groups in total. The molecule has 18 heavy (non-hydrogen) atoms. The van der Waals surface area contributed by atoms with Gasteiger partial charge in [0.1, 0.15) is 24.6 Å². The summed E-state index contributed by atoms with van der Waals surface area (Å²) < 4.78 is 13.1. The van der Waals surface area contributed by atoms with Crippen LogP contribution in [0.4, 0.5) is 0 Å². The van der Waals surface area contributed by atoms with E-state index in [0.717, 1.165) is 7.11 Å². The number of carbonyl (C=O) groups excluding carboxylic acids is 1. The Morgan fingerprint density at radius 1 is 1.28 bits per heavy atom. The minimum Gasteiger partial charge on any atom is -0.394 e. The van der Waals surface area contributed by atoms with E-state index < -0.39 is 38.8 Å². The molecule has 0 saturated heterocycles. The predicted molar refractivity (Wildman–Crippen MR) is 58.2 cm³/mol. The number of phosphoric acid groups is 1. The average Bonchev–Trinajstić information content (AvgIpc) is 2.34. The van der Waals surface area contributed by atoms with Crippen LogP contribution in [0.3, 0.4) is 0 Å². The van der Waals surface area contributed by atoms with E-state index in [1.54, 1.807) is 0 Å². The minimum atomic E-state index is -4.15. The molecule has 0 fully saturated rings. The highest BCUT2D eigenvalue weighted by atomic mass is 31.2. The van der Waals surface area contributed by atoms with Crippen molar-refractivity contribution in [1.82, 2.24) is 0 Å². The van der Waals surface area contributed by atoms with Gasteiger partial charge in [-0.1, -0.05) is 0 Å². The summed E-state index contributed by atoms with van der Waals surface area (Å²) in [5.41, 5.74) is 5.04. The quantitative estimate of drug-likeness (QED) is 0.189. The molecule has 0 rings (SSSR count). The fraction of sp³-hybridized carbons (Fsp3) is 0.857. The number of aldehydes is 1. The number of hydrogen-bond acceptors (Lipinski definition) is 8. The van der Waals surface area contributed by atoms with Crippen LogP contribution in [-0.2, 0) is 13.9 Å². The maximum Gasteiger partial charge on any atom is 0.469 e. The molecule has 0 aliphatic rings. The first kappa shape index (κ1) is 19.9. The van der Waals surface area contributed by atoms with Crippen LogP contribution in [0.15, 0.2) is 0 Å². The van der Waals surface area contributed by atoms with E-state index in [0.29, 0.717) is 0 Å². The molecule has 0 aliphatic heterocycles. The van der Waals surface area contributed by atoms with Gasteiger partial charge < -0.3 is 40.7 Å².